The second-order valence-corrected chi connectivity index (χ2v) is 5.43. The lowest BCUT2D eigenvalue weighted by molar-refractivity contribution is -0.710. The van der Waals surface area contributed by atoms with Crippen molar-refractivity contribution in [3.63, 3.8) is 0 Å². The van der Waals surface area contributed by atoms with Crippen molar-refractivity contribution in [1.82, 2.24) is 0 Å². The Morgan fingerprint density at radius 3 is 2.22 bits per heavy atom. The maximum absolute atomic E-state index is 13.7. The SMILES string of the molecule is C[C@@H]([NH2+][C@H](C)c1ccc(F)cc1F)C(=O)Nc1ccc(F)cc1. The highest BCUT2D eigenvalue weighted by Gasteiger charge is 2.22. The number of carbonyl (C=O) groups excluding carboxylic acids is 1. The molecule has 0 aliphatic carbocycles. The number of rotatable bonds is 5. The molecule has 3 N–H and O–H groups in total. The zero-order valence-corrected chi connectivity index (χ0v) is 12.8. The maximum Gasteiger partial charge on any atom is 0.282 e. The van der Waals surface area contributed by atoms with Crippen LogP contribution in [0, 0.1) is 17.5 Å². The van der Waals surface area contributed by atoms with E-state index in [0.29, 0.717) is 11.3 Å². The summed E-state index contributed by atoms with van der Waals surface area (Å²) >= 11 is 0. The van der Waals surface area contributed by atoms with Crippen LogP contribution in [0.3, 0.4) is 0 Å². The smallest absolute Gasteiger partial charge is 0.282 e. The second-order valence-electron chi connectivity index (χ2n) is 5.43. The second kappa shape index (κ2) is 7.28. The van der Waals surface area contributed by atoms with Crippen LogP contribution in [0.1, 0.15) is 25.5 Å². The molecule has 0 saturated heterocycles. The third-order valence-corrected chi connectivity index (χ3v) is 3.56. The van der Waals surface area contributed by atoms with Crippen LogP contribution >= 0.6 is 0 Å². The van der Waals surface area contributed by atoms with Gasteiger partial charge in [0.15, 0.2) is 6.04 Å². The van der Waals surface area contributed by atoms with Crippen LogP contribution in [0.25, 0.3) is 0 Å². The third-order valence-electron chi connectivity index (χ3n) is 3.56. The van der Waals surface area contributed by atoms with Crippen LogP contribution < -0.4 is 10.6 Å². The summed E-state index contributed by atoms with van der Waals surface area (Å²) in [6.45, 7) is 3.41. The molecule has 6 heteroatoms. The highest BCUT2D eigenvalue weighted by atomic mass is 19.1. The van der Waals surface area contributed by atoms with E-state index in [2.05, 4.69) is 5.32 Å². The molecule has 0 aromatic heterocycles. The van der Waals surface area contributed by atoms with Crippen molar-refractivity contribution in [2.75, 3.05) is 5.32 Å². The average molecular weight is 323 g/mol. The summed E-state index contributed by atoms with van der Waals surface area (Å²) < 4.78 is 39.5. The monoisotopic (exact) mass is 323 g/mol. The molecular formula is C17H18F3N2O+. The fourth-order valence-electron chi connectivity index (χ4n) is 2.28. The molecule has 2 aromatic carbocycles. The van der Waals surface area contributed by atoms with Crippen LogP contribution in [-0.4, -0.2) is 11.9 Å². The minimum atomic E-state index is -0.639. The Morgan fingerprint density at radius 2 is 1.61 bits per heavy atom. The van der Waals surface area contributed by atoms with E-state index in [4.69, 9.17) is 0 Å². The molecule has 0 saturated carbocycles. The highest BCUT2D eigenvalue weighted by molar-refractivity contribution is 5.93. The van der Waals surface area contributed by atoms with Crippen molar-refractivity contribution < 1.29 is 23.3 Å². The summed E-state index contributed by atoms with van der Waals surface area (Å²) in [5.41, 5.74) is 0.810. The zero-order chi connectivity index (χ0) is 17.0. The van der Waals surface area contributed by atoms with Gasteiger partial charge in [0, 0.05) is 17.3 Å². The van der Waals surface area contributed by atoms with E-state index >= 15 is 0 Å². The number of anilines is 1. The molecule has 0 fully saturated rings. The number of halogens is 3. The molecule has 2 atom stereocenters. The van der Waals surface area contributed by atoms with Crippen molar-refractivity contribution >= 4 is 11.6 Å². The molecule has 0 aliphatic rings. The number of hydrogen-bond donors (Lipinski definition) is 2. The number of quaternary nitrogens is 1. The molecule has 122 valence electrons. The summed E-state index contributed by atoms with van der Waals surface area (Å²) in [5.74, 6) is -1.95. The lowest BCUT2D eigenvalue weighted by Gasteiger charge is -2.17. The predicted molar refractivity (Wildman–Crippen MR) is 81.2 cm³/mol. The topological polar surface area (TPSA) is 45.7 Å². The third kappa shape index (κ3) is 4.56. The first-order valence-corrected chi connectivity index (χ1v) is 7.23. The summed E-state index contributed by atoms with van der Waals surface area (Å²) in [7, 11) is 0. The summed E-state index contributed by atoms with van der Waals surface area (Å²) in [5, 5.41) is 4.33. The lowest BCUT2D eigenvalue weighted by atomic mass is 10.1. The van der Waals surface area contributed by atoms with Gasteiger partial charge in [0.1, 0.15) is 23.5 Å². The van der Waals surface area contributed by atoms with Crippen LogP contribution in [0.5, 0.6) is 0 Å². The molecule has 0 radical (unpaired) electrons. The Balaban J connectivity index is 1.98. The summed E-state index contributed by atoms with van der Waals surface area (Å²) in [6.07, 6.45) is 0. The predicted octanol–water partition coefficient (Wildman–Crippen LogP) is 2.76. The molecule has 0 unspecified atom stereocenters. The first kappa shape index (κ1) is 17.0. The first-order chi connectivity index (χ1) is 10.9. The average Bonchev–Trinajstić information content (AvgIpc) is 2.49. The van der Waals surface area contributed by atoms with E-state index in [9.17, 15) is 18.0 Å². The fourth-order valence-corrected chi connectivity index (χ4v) is 2.28. The van der Waals surface area contributed by atoms with Crippen molar-refractivity contribution in [3.05, 3.63) is 65.5 Å². The molecule has 0 heterocycles. The van der Waals surface area contributed by atoms with Gasteiger partial charge in [0.05, 0.1) is 0 Å². The van der Waals surface area contributed by atoms with Crippen molar-refractivity contribution in [2.45, 2.75) is 25.9 Å². The number of amides is 1. The maximum atomic E-state index is 13.7. The number of carbonyl (C=O) groups is 1. The molecule has 0 bridgehead atoms. The van der Waals surface area contributed by atoms with Crippen LogP contribution in [0.4, 0.5) is 18.9 Å². The van der Waals surface area contributed by atoms with Crippen LogP contribution in [-0.2, 0) is 4.79 Å². The number of nitrogens with two attached hydrogens (primary N) is 1. The van der Waals surface area contributed by atoms with Gasteiger partial charge in [0.2, 0.25) is 0 Å². The van der Waals surface area contributed by atoms with Gasteiger partial charge in [-0.05, 0) is 50.2 Å². The largest absolute Gasteiger partial charge is 0.330 e. The van der Waals surface area contributed by atoms with Crippen LogP contribution in [0.15, 0.2) is 42.5 Å². The molecule has 2 aromatic rings. The van der Waals surface area contributed by atoms with E-state index in [1.54, 1.807) is 19.2 Å². The Morgan fingerprint density at radius 1 is 1.00 bits per heavy atom. The fraction of sp³-hybridized carbons (Fsp3) is 0.235. The van der Waals surface area contributed by atoms with E-state index in [1.165, 1.54) is 36.4 Å². The number of benzene rings is 2. The van der Waals surface area contributed by atoms with Crippen molar-refractivity contribution in [2.24, 2.45) is 0 Å². The van der Waals surface area contributed by atoms with E-state index in [1.807, 2.05) is 0 Å². The first-order valence-electron chi connectivity index (χ1n) is 7.23. The van der Waals surface area contributed by atoms with Crippen LogP contribution in [0.2, 0.25) is 0 Å². The highest BCUT2D eigenvalue weighted by Crippen LogP contribution is 2.15. The van der Waals surface area contributed by atoms with E-state index in [0.717, 1.165) is 6.07 Å². The minimum Gasteiger partial charge on any atom is -0.330 e. The molecule has 0 aliphatic heterocycles. The standard InChI is InChI=1S/C17H17F3N2O/c1-10(15-8-5-13(19)9-16(15)20)21-11(2)17(23)22-14-6-3-12(18)4-7-14/h3-11,21H,1-2H3,(H,22,23)/p+1/t10-,11-/m1/s1. The van der Waals surface area contributed by atoms with Gasteiger partial charge < -0.3 is 10.6 Å². The number of nitrogens with one attached hydrogen (secondary N) is 1. The van der Waals surface area contributed by atoms with Crippen molar-refractivity contribution in [3.8, 4) is 0 Å². The Bertz CT molecular complexity index is 689. The Hall–Kier alpha value is -2.34. The normalized spacial score (nSPS) is 13.4. The summed E-state index contributed by atoms with van der Waals surface area (Å²) in [4.78, 5) is 12.1. The Kier molecular flexibility index (Phi) is 5.39. The van der Waals surface area contributed by atoms with Gasteiger partial charge in [-0.15, -0.1) is 0 Å². The van der Waals surface area contributed by atoms with E-state index < -0.39 is 17.7 Å². The van der Waals surface area contributed by atoms with Gasteiger partial charge >= 0.3 is 0 Å². The van der Waals surface area contributed by atoms with Gasteiger partial charge in [-0.3, -0.25) is 4.79 Å². The van der Waals surface area contributed by atoms with E-state index in [-0.39, 0.29) is 17.8 Å². The van der Waals surface area contributed by atoms with Gasteiger partial charge in [-0.25, -0.2) is 13.2 Å². The molecule has 23 heavy (non-hydrogen) atoms. The molecular weight excluding hydrogens is 305 g/mol. The summed E-state index contributed by atoms with van der Waals surface area (Å²) in [6, 6.07) is 7.95. The zero-order valence-electron chi connectivity index (χ0n) is 12.8. The molecule has 0 spiro atoms. The van der Waals surface area contributed by atoms with Crippen molar-refractivity contribution in [1.29, 1.82) is 0 Å². The van der Waals surface area contributed by atoms with Gasteiger partial charge in [0.25, 0.3) is 5.91 Å². The molecule has 1 amide bonds. The Labute approximate surface area is 132 Å². The number of hydrogen-bond acceptors (Lipinski definition) is 1. The minimum absolute atomic E-state index is 0.286. The van der Waals surface area contributed by atoms with Gasteiger partial charge in [-0.2, -0.15) is 0 Å². The van der Waals surface area contributed by atoms with Gasteiger partial charge in [-0.1, -0.05) is 0 Å². The molecule has 2 rings (SSSR count). The lowest BCUT2D eigenvalue weighted by Crippen LogP contribution is -2.91. The molecule has 3 nitrogen and oxygen atoms in total. The quantitative estimate of drug-likeness (QED) is 0.873.